The first-order valence-electron chi connectivity index (χ1n) is 6.42. The molecule has 0 atom stereocenters. The maximum atomic E-state index is 11.6. The molecule has 1 N–H and O–H groups in total. The molecule has 0 aromatic heterocycles. The molecular weight excluding hydrogens is 212 g/mol. The summed E-state index contributed by atoms with van der Waals surface area (Å²) in [6.07, 6.45) is 3.99. The van der Waals surface area contributed by atoms with Crippen molar-refractivity contribution in [3.63, 3.8) is 0 Å². The lowest BCUT2D eigenvalue weighted by atomic mass is 9.74. The second kappa shape index (κ2) is 6.43. The molecule has 2 nitrogen and oxygen atoms in total. The molecule has 0 unspecified atom stereocenters. The average molecular weight is 234 g/mol. The zero-order valence-corrected chi connectivity index (χ0v) is 10.8. The van der Waals surface area contributed by atoms with Crippen LogP contribution in [0, 0.1) is 5.41 Å². The van der Waals surface area contributed by atoms with E-state index in [2.05, 4.69) is 13.8 Å². The zero-order valence-electron chi connectivity index (χ0n) is 10.8. The Labute approximate surface area is 104 Å². The number of carbonyl (C=O) groups is 1. The summed E-state index contributed by atoms with van der Waals surface area (Å²) in [5.74, 6) is -0.648. The molecule has 0 heterocycles. The highest BCUT2D eigenvalue weighted by Gasteiger charge is 2.36. The van der Waals surface area contributed by atoms with Crippen LogP contribution in [0.4, 0.5) is 0 Å². The molecule has 0 bridgehead atoms. The summed E-state index contributed by atoms with van der Waals surface area (Å²) in [6, 6.07) is 9.94. The smallest absolute Gasteiger partial charge is 0.309 e. The van der Waals surface area contributed by atoms with Gasteiger partial charge < -0.3 is 5.11 Å². The predicted octanol–water partition coefficient (Wildman–Crippen LogP) is 3.90. The van der Waals surface area contributed by atoms with Gasteiger partial charge in [-0.1, -0.05) is 57.0 Å². The standard InChI is InChI=1S/C15H22O2/c1-3-10-15(11-4-2,14(16)17)12-13-8-6-5-7-9-13/h5-9H,3-4,10-12H2,1-2H3,(H,16,17). The molecule has 0 saturated heterocycles. The number of benzene rings is 1. The summed E-state index contributed by atoms with van der Waals surface area (Å²) in [4.78, 5) is 11.6. The lowest BCUT2D eigenvalue weighted by Gasteiger charge is -2.29. The van der Waals surface area contributed by atoms with Gasteiger partial charge in [0.2, 0.25) is 0 Å². The Balaban J connectivity index is 2.92. The van der Waals surface area contributed by atoms with Crippen LogP contribution in [0.2, 0.25) is 0 Å². The van der Waals surface area contributed by atoms with Crippen molar-refractivity contribution in [3.05, 3.63) is 35.9 Å². The van der Waals surface area contributed by atoms with Crippen molar-refractivity contribution >= 4 is 5.97 Å². The Morgan fingerprint density at radius 3 is 2.06 bits per heavy atom. The fourth-order valence-electron chi connectivity index (χ4n) is 2.53. The van der Waals surface area contributed by atoms with Crippen molar-refractivity contribution < 1.29 is 9.90 Å². The third kappa shape index (κ3) is 3.58. The van der Waals surface area contributed by atoms with Gasteiger partial charge in [0, 0.05) is 0 Å². The van der Waals surface area contributed by atoms with Gasteiger partial charge in [-0.2, -0.15) is 0 Å². The molecule has 1 aromatic rings. The summed E-state index contributed by atoms with van der Waals surface area (Å²) in [5.41, 5.74) is 0.544. The molecule has 94 valence electrons. The molecule has 0 aliphatic carbocycles. The Kier molecular flexibility index (Phi) is 5.20. The number of aliphatic carboxylic acids is 1. The van der Waals surface area contributed by atoms with Crippen LogP contribution in [0.3, 0.4) is 0 Å². The van der Waals surface area contributed by atoms with Gasteiger partial charge in [0.05, 0.1) is 5.41 Å². The molecule has 0 amide bonds. The first-order chi connectivity index (χ1) is 8.14. The van der Waals surface area contributed by atoms with Crippen molar-refractivity contribution in [2.75, 3.05) is 0 Å². The molecule has 1 rings (SSSR count). The highest BCUT2D eigenvalue weighted by atomic mass is 16.4. The van der Waals surface area contributed by atoms with Crippen LogP contribution in [0.15, 0.2) is 30.3 Å². The molecular formula is C15H22O2. The summed E-state index contributed by atoms with van der Waals surface area (Å²) < 4.78 is 0. The number of carboxylic acid groups (broad SMARTS) is 1. The Hall–Kier alpha value is -1.31. The summed E-state index contributed by atoms with van der Waals surface area (Å²) >= 11 is 0. The van der Waals surface area contributed by atoms with Crippen molar-refractivity contribution in [1.29, 1.82) is 0 Å². The van der Waals surface area contributed by atoms with E-state index in [1.165, 1.54) is 0 Å². The molecule has 0 fully saturated rings. The second-order valence-electron chi connectivity index (χ2n) is 4.75. The van der Waals surface area contributed by atoms with Crippen molar-refractivity contribution in [2.45, 2.75) is 46.0 Å². The summed E-state index contributed by atoms with van der Waals surface area (Å²) in [7, 11) is 0. The van der Waals surface area contributed by atoms with Gasteiger partial charge in [0.15, 0.2) is 0 Å². The maximum Gasteiger partial charge on any atom is 0.309 e. The summed E-state index contributed by atoms with van der Waals surface area (Å²) in [6.45, 7) is 4.11. The van der Waals surface area contributed by atoms with Gasteiger partial charge in [-0.05, 0) is 24.8 Å². The minimum atomic E-state index is -0.648. The van der Waals surface area contributed by atoms with E-state index in [1.807, 2.05) is 30.3 Å². The van der Waals surface area contributed by atoms with Gasteiger partial charge in [0.25, 0.3) is 0 Å². The number of rotatable bonds is 7. The van der Waals surface area contributed by atoms with E-state index in [1.54, 1.807) is 0 Å². The van der Waals surface area contributed by atoms with E-state index in [-0.39, 0.29) is 0 Å². The van der Waals surface area contributed by atoms with Crippen molar-refractivity contribution in [3.8, 4) is 0 Å². The maximum absolute atomic E-state index is 11.6. The average Bonchev–Trinajstić information content (AvgIpc) is 2.30. The van der Waals surface area contributed by atoms with E-state index >= 15 is 0 Å². The second-order valence-corrected chi connectivity index (χ2v) is 4.75. The fraction of sp³-hybridized carbons (Fsp3) is 0.533. The number of hydrogen-bond donors (Lipinski definition) is 1. The van der Waals surface area contributed by atoms with E-state index in [0.717, 1.165) is 31.2 Å². The van der Waals surface area contributed by atoms with E-state index in [0.29, 0.717) is 6.42 Å². The van der Waals surface area contributed by atoms with Crippen LogP contribution in [0.25, 0.3) is 0 Å². The van der Waals surface area contributed by atoms with Gasteiger partial charge >= 0.3 is 5.97 Å². The van der Waals surface area contributed by atoms with Crippen LogP contribution in [-0.4, -0.2) is 11.1 Å². The minimum absolute atomic E-state index is 0.579. The summed E-state index contributed by atoms with van der Waals surface area (Å²) in [5, 5.41) is 9.55. The Bertz CT molecular complexity index is 337. The quantitative estimate of drug-likeness (QED) is 0.777. The van der Waals surface area contributed by atoms with Crippen LogP contribution in [0.5, 0.6) is 0 Å². The van der Waals surface area contributed by atoms with Crippen LogP contribution in [0.1, 0.15) is 45.1 Å². The van der Waals surface area contributed by atoms with Gasteiger partial charge in [-0.15, -0.1) is 0 Å². The Morgan fingerprint density at radius 1 is 1.12 bits per heavy atom. The van der Waals surface area contributed by atoms with Crippen LogP contribution in [-0.2, 0) is 11.2 Å². The van der Waals surface area contributed by atoms with Crippen molar-refractivity contribution in [2.24, 2.45) is 5.41 Å². The minimum Gasteiger partial charge on any atom is -0.481 e. The van der Waals surface area contributed by atoms with Gasteiger partial charge in [-0.25, -0.2) is 0 Å². The van der Waals surface area contributed by atoms with Crippen LogP contribution < -0.4 is 0 Å². The molecule has 2 heteroatoms. The molecule has 0 aliphatic rings. The van der Waals surface area contributed by atoms with Crippen molar-refractivity contribution in [1.82, 2.24) is 0 Å². The first kappa shape index (κ1) is 13.8. The highest BCUT2D eigenvalue weighted by Crippen LogP contribution is 2.34. The van der Waals surface area contributed by atoms with Crippen LogP contribution >= 0.6 is 0 Å². The fourth-order valence-corrected chi connectivity index (χ4v) is 2.53. The lowest BCUT2D eigenvalue weighted by Crippen LogP contribution is -2.33. The highest BCUT2D eigenvalue weighted by molar-refractivity contribution is 5.75. The van der Waals surface area contributed by atoms with Gasteiger partial charge in [0.1, 0.15) is 0 Å². The molecule has 0 radical (unpaired) electrons. The predicted molar refractivity (Wildman–Crippen MR) is 70.0 cm³/mol. The van der Waals surface area contributed by atoms with E-state index in [9.17, 15) is 9.90 Å². The third-order valence-corrected chi connectivity index (χ3v) is 3.30. The normalized spacial score (nSPS) is 11.4. The Morgan fingerprint density at radius 2 is 1.65 bits per heavy atom. The number of carboxylic acids is 1. The largest absolute Gasteiger partial charge is 0.481 e. The molecule has 0 spiro atoms. The lowest BCUT2D eigenvalue weighted by molar-refractivity contribution is -0.150. The molecule has 0 saturated carbocycles. The topological polar surface area (TPSA) is 37.3 Å². The number of hydrogen-bond acceptors (Lipinski definition) is 1. The van der Waals surface area contributed by atoms with Gasteiger partial charge in [-0.3, -0.25) is 4.79 Å². The SMILES string of the molecule is CCCC(CCC)(Cc1ccccc1)C(=O)O. The first-order valence-corrected chi connectivity index (χ1v) is 6.42. The van der Waals surface area contributed by atoms with E-state index < -0.39 is 11.4 Å². The molecule has 0 aliphatic heterocycles. The third-order valence-electron chi connectivity index (χ3n) is 3.30. The molecule has 17 heavy (non-hydrogen) atoms. The molecule has 1 aromatic carbocycles. The monoisotopic (exact) mass is 234 g/mol. The van der Waals surface area contributed by atoms with E-state index in [4.69, 9.17) is 0 Å². The zero-order chi connectivity index (χ0) is 12.7.